The highest BCUT2D eigenvalue weighted by molar-refractivity contribution is 5.92. The maximum atomic E-state index is 9.09. The number of ether oxygens (including phenoxy) is 2. The lowest BCUT2D eigenvalue weighted by Gasteiger charge is -2.13. The summed E-state index contributed by atoms with van der Waals surface area (Å²) in [5.74, 6) is 2.24. The van der Waals surface area contributed by atoms with E-state index in [4.69, 9.17) is 14.7 Å². The van der Waals surface area contributed by atoms with E-state index in [1.54, 1.807) is 26.5 Å². The van der Waals surface area contributed by atoms with Crippen LogP contribution in [0, 0.1) is 11.3 Å². The topological polar surface area (TPSA) is 67.2 Å². The van der Waals surface area contributed by atoms with Crippen LogP contribution in [0.25, 0.3) is 10.8 Å². The molecular formula is C19H17N3O2. The first kappa shape index (κ1) is 15.6. The van der Waals surface area contributed by atoms with Gasteiger partial charge in [0.25, 0.3) is 0 Å². The van der Waals surface area contributed by atoms with Crippen LogP contribution in [-0.4, -0.2) is 19.2 Å². The number of anilines is 1. The van der Waals surface area contributed by atoms with Gasteiger partial charge in [-0.15, -0.1) is 0 Å². The summed E-state index contributed by atoms with van der Waals surface area (Å²) in [5, 5.41) is 14.4. The van der Waals surface area contributed by atoms with Crippen molar-refractivity contribution in [2.75, 3.05) is 19.5 Å². The average Bonchev–Trinajstić information content (AvgIpc) is 2.65. The molecule has 0 fully saturated rings. The van der Waals surface area contributed by atoms with Gasteiger partial charge in [-0.25, -0.2) is 4.98 Å². The van der Waals surface area contributed by atoms with E-state index < -0.39 is 0 Å². The number of nitriles is 1. The van der Waals surface area contributed by atoms with E-state index in [0.29, 0.717) is 12.1 Å². The minimum absolute atomic E-state index is 0.552. The number of fused-ring (bicyclic) bond motifs is 1. The number of rotatable bonds is 5. The van der Waals surface area contributed by atoms with Crippen molar-refractivity contribution >= 4 is 16.6 Å². The smallest absolute Gasteiger partial charge is 0.134 e. The number of hydrogen-bond donors (Lipinski definition) is 1. The minimum atomic E-state index is 0.552. The van der Waals surface area contributed by atoms with Gasteiger partial charge in [-0.05, 0) is 35.7 Å². The fourth-order valence-corrected chi connectivity index (χ4v) is 2.56. The third-order valence-corrected chi connectivity index (χ3v) is 3.84. The zero-order valence-electron chi connectivity index (χ0n) is 13.5. The Morgan fingerprint density at radius 3 is 2.71 bits per heavy atom. The molecule has 120 valence electrons. The van der Waals surface area contributed by atoms with Gasteiger partial charge in [0.05, 0.1) is 25.9 Å². The van der Waals surface area contributed by atoms with Crippen LogP contribution < -0.4 is 14.8 Å². The Kier molecular flexibility index (Phi) is 4.48. The standard InChI is InChI=1S/C19H17N3O2/c1-23-16-6-5-15(18(10-16)24-2)12-22-19-17-9-13(11-20)3-4-14(17)7-8-21-19/h3-10H,12H2,1-2H3,(H,21,22). The molecule has 1 N–H and O–H groups in total. The fraction of sp³-hybridized carbons (Fsp3) is 0.158. The number of hydrogen-bond acceptors (Lipinski definition) is 5. The second kappa shape index (κ2) is 6.88. The molecule has 0 bridgehead atoms. The molecule has 1 aromatic heterocycles. The van der Waals surface area contributed by atoms with E-state index in [9.17, 15) is 0 Å². The summed E-state index contributed by atoms with van der Waals surface area (Å²) >= 11 is 0. The molecule has 0 radical (unpaired) electrons. The monoisotopic (exact) mass is 319 g/mol. The van der Waals surface area contributed by atoms with Gasteiger partial charge in [-0.3, -0.25) is 0 Å². The van der Waals surface area contributed by atoms with Crippen LogP contribution in [0.5, 0.6) is 11.5 Å². The van der Waals surface area contributed by atoms with Crippen molar-refractivity contribution in [1.82, 2.24) is 4.98 Å². The summed E-state index contributed by atoms with van der Waals surface area (Å²) in [5.41, 5.74) is 1.61. The third-order valence-electron chi connectivity index (χ3n) is 3.84. The molecule has 24 heavy (non-hydrogen) atoms. The van der Waals surface area contributed by atoms with Crippen molar-refractivity contribution in [3.05, 3.63) is 59.8 Å². The summed E-state index contributed by atoms with van der Waals surface area (Å²) in [4.78, 5) is 4.40. The summed E-state index contributed by atoms with van der Waals surface area (Å²) < 4.78 is 10.6. The Labute approximate surface area is 140 Å². The van der Waals surface area contributed by atoms with E-state index in [1.165, 1.54) is 0 Å². The molecule has 0 aliphatic carbocycles. The molecule has 5 heteroatoms. The SMILES string of the molecule is COc1ccc(CNc2nccc3ccc(C#N)cc23)c(OC)c1. The van der Waals surface area contributed by atoms with Gasteiger partial charge in [-0.2, -0.15) is 5.26 Å². The molecule has 3 aromatic rings. The highest BCUT2D eigenvalue weighted by Crippen LogP contribution is 2.27. The Balaban J connectivity index is 1.90. The number of benzene rings is 2. The zero-order chi connectivity index (χ0) is 16.9. The Morgan fingerprint density at radius 2 is 1.96 bits per heavy atom. The van der Waals surface area contributed by atoms with Gasteiger partial charge in [-0.1, -0.05) is 6.07 Å². The van der Waals surface area contributed by atoms with Crippen LogP contribution in [0.1, 0.15) is 11.1 Å². The molecule has 0 aliphatic rings. The normalized spacial score (nSPS) is 10.2. The number of pyridine rings is 1. The molecule has 0 aliphatic heterocycles. The van der Waals surface area contributed by atoms with Crippen molar-refractivity contribution in [2.45, 2.75) is 6.54 Å². The van der Waals surface area contributed by atoms with Gasteiger partial charge < -0.3 is 14.8 Å². The lowest BCUT2D eigenvalue weighted by molar-refractivity contribution is 0.391. The molecule has 1 heterocycles. The first-order valence-corrected chi connectivity index (χ1v) is 7.49. The predicted molar refractivity (Wildman–Crippen MR) is 93.3 cm³/mol. The van der Waals surface area contributed by atoms with E-state index in [2.05, 4.69) is 16.4 Å². The van der Waals surface area contributed by atoms with Crippen molar-refractivity contribution in [2.24, 2.45) is 0 Å². The van der Waals surface area contributed by atoms with Crippen LogP contribution >= 0.6 is 0 Å². The molecule has 0 unspecified atom stereocenters. The molecular weight excluding hydrogens is 302 g/mol. The van der Waals surface area contributed by atoms with Crippen molar-refractivity contribution in [3.8, 4) is 17.6 Å². The highest BCUT2D eigenvalue weighted by atomic mass is 16.5. The molecule has 5 nitrogen and oxygen atoms in total. The number of aromatic nitrogens is 1. The van der Waals surface area contributed by atoms with E-state index >= 15 is 0 Å². The second-order valence-corrected chi connectivity index (χ2v) is 5.24. The second-order valence-electron chi connectivity index (χ2n) is 5.24. The number of methoxy groups -OCH3 is 2. The lowest BCUT2D eigenvalue weighted by atomic mass is 10.1. The number of nitrogens with zero attached hydrogens (tertiary/aromatic N) is 2. The molecule has 0 saturated carbocycles. The Morgan fingerprint density at radius 1 is 1.08 bits per heavy atom. The predicted octanol–water partition coefficient (Wildman–Crippen LogP) is 3.74. The van der Waals surface area contributed by atoms with Gasteiger partial charge in [0.2, 0.25) is 0 Å². The zero-order valence-corrected chi connectivity index (χ0v) is 13.5. The molecule has 0 saturated heterocycles. The quantitative estimate of drug-likeness (QED) is 0.776. The lowest BCUT2D eigenvalue weighted by Crippen LogP contribution is -2.04. The van der Waals surface area contributed by atoms with Crippen LogP contribution in [0.2, 0.25) is 0 Å². The first-order valence-electron chi connectivity index (χ1n) is 7.49. The van der Waals surface area contributed by atoms with Crippen LogP contribution in [-0.2, 0) is 6.54 Å². The van der Waals surface area contributed by atoms with Crippen LogP contribution in [0.3, 0.4) is 0 Å². The highest BCUT2D eigenvalue weighted by Gasteiger charge is 2.07. The summed E-state index contributed by atoms with van der Waals surface area (Å²) in [6.45, 7) is 0.552. The van der Waals surface area contributed by atoms with Gasteiger partial charge in [0.15, 0.2) is 0 Å². The van der Waals surface area contributed by atoms with Gasteiger partial charge >= 0.3 is 0 Å². The summed E-state index contributed by atoms with van der Waals surface area (Å²) in [7, 11) is 3.26. The first-order chi connectivity index (χ1) is 11.7. The molecule has 0 amide bonds. The van der Waals surface area contributed by atoms with Crippen LogP contribution in [0.15, 0.2) is 48.7 Å². The maximum Gasteiger partial charge on any atom is 0.134 e. The van der Waals surface area contributed by atoms with E-state index in [0.717, 1.165) is 33.7 Å². The Bertz CT molecular complexity index is 916. The minimum Gasteiger partial charge on any atom is -0.497 e. The third kappa shape index (κ3) is 3.08. The van der Waals surface area contributed by atoms with E-state index in [1.807, 2.05) is 36.4 Å². The summed E-state index contributed by atoms with van der Waals surface area (Å²) in [6, 6.07) is 15.4. The molecule has 0 spiro atoms. The van der Waals surface area contributed by atoms with Crippen molar-refractivity contribution < 1.29 is 9.47 Å². The van der Waals surface area contributed by atoms with Crippen LogP contribution in [0.4, 0.5) is 5.82 Å². The average molecular weight is 319 g/mol. The maximum absolute atomic E-state index is 9.09. The van der Waals surface area contributed by atoms with Gasteiger partial charge in [0, 0.05) is 29.8 Å². The fourth-order valence-electron chi connectivity index (χ4n) is 2.56. The van der Waals surface area contributed by atoms with E-state index in [-0.39, 0.29) is 0 Å². The molecule has 0 atom stereocenters. The summed E-state index contributed by atoms with van der Waals surface area (Å²) in [6.07, 6.45) is 1.75. The number of nitrogens with one attached hydrogen (secondary N) is 1. The van der Waals surface area contributed by atoms with Crippen molar-refractivity contribution in [3.63, 3.8) is 0 Å². The molecule has 3 rings (SSSR count). The van der Waals surface area contributed by atoms with Crippen molar-refractivity contribution in [1.29, 1.82) is 5.26 Å². The largest absolute Gasteiger partial charge is 0.497 e. The Hall–Kier alpha value is -3.26. The van der Waals surface area contributed by atoms with Gasteiger partial charge in [0.1, 0.15) is 17.3 Å². The molecule has 2 aromatic carbocycles.